The number of halogens is 1. The molecule has 0 saturated carbocycles. The zero-order chi connectivity index (χ0) is 26.2. The fourth-order valence-corrected chi connectivity index (χ4v) is 6.83. The number of piperazine rings is 1. The third-order valence-corrected chi connectivity index (χ3v) is 8.96. The van der Waals surface area contributed by atoms with Crippen molar-refractivity contribution in [3.8, 4) is 0 Å². The monoisotopic (exact) mass is 537 g/mol. The van der Waals surface area contributed by atoms with Gasteiger partial charge >= 0.3 is 0 Å². The molecule has 0 spiro atoms. The van der Waals surface area contributed by atoms with Gasteiger partial charge in [-0.1, -0.05) is 42.8 Å². The van der Waals surface area contributed by atoms with Crippen molar-refractivity contribution in [2.45, 2.75) is 29.7 Å². The number of benzene rings is 3. The Morgan fingerprint density at radius 2 is 1.68 bits per heavy atom. The average Bonchev–Trinajstić information content (AvgIpc) is 2.97. The topological polar surface area (TPSA) is 78.0 Å². The van der Waals surface area contributed by atoms with Gasteiger partial charge in [-0.2, -0.15) is 0 Å². The van der Waals surface area contributed by atoms with Crippen molar-refractivity contribution in [1.29, 1.82) is 0 Å². The number of nitrogens with zero attached hydrogens (tertiary/aromatic N) is 3. The van der Waals surface area contributed by atoms with Crippen LogP contribution in [0, 0.1) is 0 Å². The summed E-state index contributed by atoms with van der Waals surface area (Å²) >= 11 is 6.19. The molecule has 2 aliphatic heterocycles. The normalized spacial score (nSPS) is 17.2. The minimum Gasteiger partial charge on any atom is -0.336 e. The first-order valence-electron chi connectivity index (χ1n) is 12.4. The van der Waals surface area contributed by atoms with E-state index in [0.29, 0.717) is 23.7 Å². The van der Waals surface area contributed by atoms with E-state index in [1.807, 2.05) is 6.07 Å². The van der Waals surface area contributed by atoms with Crippen LogP contribution < -0.4 is 4.90 Å². The van der Waals surface area contributed by atoms with Crippen LogP contribution in [0.2, 0.25) is 5.02 Å². The van der Waals surface area contributed by atoms with Crippen molar-refractivity contribution >= 4 is 38.9 Å². The minimum absolute atomic E-state index is 0.00265. The molecule has 9 heteroatoms. The number of carbonyl (C=O) groups excluding carboxylic acids is 2. The Morgan fingerprint density at radius 3 is 2.41 bits per heavy atom. The zero-order valence-corrected chi connectivity index (χ0v) is 22.1. The van der Waals surface area contributed by atoms with Gasteiger partial charge in [-0.05, 0) is 61.0 Å². The molecule has 0 atom stereocenters. The molecular formula is C28H28ClN3O4S. The van der Waals surface area contributed by atoms with Gasteiger partial charge in [0.15, 0.2) is 0 Å². The molecule has 5 rings (SSSR count). The summed E-state index contributed by atoms with van der Waals surface area (Å²) in [5.74, 6) is -0.621. The van der Waals surface area contributed by atoms with E-state index in [1.165, 1.54) is 23.1 Å². The van der Waals surface area contributed by atoms with Crippen molar-refractivity contribution < 1.29 is 18.0 Å². The zero-order valence-electron chi connectivity index (χ0n) is 20.6. The van der Waals surface area contributed by atoms with Crippen LogP contribution in [0.1, 0.15) is 39.6 Å². The summed E-state index contributed by atoms with van der Waals surface area (Å²) in [4.78, 5) is 32.7. The van der Waals surface area contributed by atoms with Crippen LogP contribution in [0.25, 0.3) is 0 Å². The molecule has 2 heterocycles. The smallest absolute Gasteiger partial charge is 0.259 e. The predicted molar refractivity (Wildman–Crippen MR) is 143 cm³/mol. The molecule has 7 nitrogen and oxygen atoms in total. The molecule has 2 aliphatic rings. The quantitative estimate of drug-likeness (QED) is 0.479. The van der Waals surface area contributed by atoms with Crippen molar-refractivity contribution in [2.75, 3.05) is 37.6 Å². The highest BCUT2D eigenvalue weighted by Crippen LogP contribution is 2.38. The van der Waals surface area contributed by atoms with Gasteiger partial charge in [-0.3, -0.25) is 14.5 Å². The lowest BCUT2D eigenvalue weighted by atomic mass is 10.1. The van der Waals surface area contributed by atoms with Crippen molar-refractivity contribution in [1.82, 2.24) is 9.80 Å². The Labute approximate surface area is 222 Å². The number of sulfone groups is 1. The van der Waals surface area contributed by atoms with Gasteiger partial charge < -0.3 is 9.80 Å². The molecule has 0 aliphatic carbocycles. The molecule has 3 aromatic rings. The summed E-state index contributed by atoms with van der Waals surface area (Å²) in [6, 6.07) is 17.8. The van der Waals surface area contributed by atoms with E-state index in [2.05, 4.69) is 11.8 Å². The lowest BCUT2D eigenvalue weighted by Crippen LogP contribution is -2.48. The van der Waals surface area contributed by atoms with Crippen LogP contribution in [0.5, 0.6) is 0 Å². The first-order valence-corrected chi connectivity index (χ1v) is 14.2. The first kappa shape index (κ1) is 25.4. The predicted octanol–water partition coefficient (Wildman–Crippen LogP) is 4.50. The Hall–Kier alpha value is -3.20. The first-order chi connectivity index (χ1) is 17.8. The Morgan fingerprint density at radius 1 is 0.919 bits per heavy atom. The molecule has 0 aromatic heterocycles. The van der Waals surface area contributed by atoms with Gasteiger partial charge in [0.1, 0.15) is 0 Å². The lowest BCUT2D eigenvalue weighted by Gasteiger charge is -2.34. The molecule has 1 fully saturated rings. The summed E-state index contributed by atoms with van der Waals surface area (Å²) in [6.45, 7) is 6.04. The van der Waals surface area contributed by atoms with E-state index in [9.17, 15) is 18.0 Å². The van der Waals surface area contributed by atoms with E-state index in [-0.39, 0.29) is 33.5 Å². The van der Waals surface area contributed by atoms with E-state index < -0.39 is 15.7 Å². The minimum atomic E-state index is -4.01. The molecule has 3 aromatic carbocycles. The second kappa shape index (κ2) is 10.3. The molecule has 0 unspecified atom stereocenters. The van der Waals surface area contributed by atoms with Gasteiger partial charge in [0.2, 0.25) is 9.84 Å². The molecule has 37 heavy (non-hydrogen) atoms. The number of rotatable bonds is 5. The number of hydrogen-bond acceptors (Lipinski definition) is 5. The third-order valence-electron chi connectivity index (χ3n) is 6.87. The molecule has 0 radical (unpaired) electrons. The van der Waals surface area contributed by atoms with E-state index in [0.717, 1.165) is 31.6 Å². The number of hydrogen-bond donors (Lipinski definition) is 0. The van der Waals surface area contributed by atoms with Crippen molar-refractivity contribution in [2.24, 2.45) is 0 Å². The van der Waals surface area contributed by atoms with Crippen LogP contribution in [0.15, 0.2) is 76.5 Å². The fraction of sp³-hybridized carbons (Fsp3) is 0.286. The van der Waals surface area contributed by atoms with Gasteiger partial charge in [-0.25, -0.2) is 8.42 Å². The van der Waals surface area contributed by atoms with Gasteiger partial charge in [-0.15, -0.1) is 0 Å². The van der Waals surface area contributed by atoms with Gasteiger partial charge in [0.05, 0.1) is 27.6 Å². The second-order valence-corrected chi connectivity index (χ2v) is 11.7. The van der Waals surface area contributed by atoms with Crippen LogP contribution in [-0.4, -0.2) is 62.8 Å². The summed E-state index contributed by atoms with van der Waals surface area (Å²) in [6.07, 6.45) is 1.06. The number of carbonyl (C=O) groups is 2. The summed E-state index contributed by atoms with van der Waals surface area (Å²) in [5, 5.41) is 0.513. The van der Waals surface area contributed by atoms with Crippen LogP contribution >= 0.6 is 11.6 Å². The Bertz CT molecular complexity index is 1470. The van der Waals surface area contributed by atoms with Gasteiger partial charge in [0.25, 0.3) is 11.8 Å². The van der Waals surface area contributed by atoms with E-state index in [4.69, 9.17) is 11.6 Å². The summed E-state index contributed by atoms with van der Waals surface area (Å²) < 4.78 is 27.4. The molecule has 192 valence electrons. The highest BCUT2D eigenvalue weighted by Gasteiger charge is 2.36. The van der Waals surface area contributed by atoms with Crippen molar-refractivity contribution in [3.63, 3.8) is 0 Å². The highest BCUT2D eigenvalue weighted by atomic mass is 35.5. The third kappa shape index (κ3) is 4.89. The molecule has 2 amide bonds. The number of anilines is 1. The van der Waals surface area contributed by atoms with Crippen LogP contribution in [0.3, 0.4) is 0 Å². The lowest BCUT2D eigenvalue weighted by molar-refractivity contribution is 0.0637. The number of fused-ring (bicyclic) bond motifs is 2. The summed E-state index contributed by atoms with van der Waals surface area (Å²) in [7, 11) is -4.01. The molecular weight excluding hydrogens is 510 g/mol. The largest absolute Gasteiger partial charge is 0.336 e. The second-order valence-electron chi connectivity index (χ2n) is 9.34. The highest BCUT2D eigenvalue weighted by molar-refractivity contribution is 7.91. The fourth-order valence-electron chi connectivity index (χ4n) is 4.99. The van der Waals surface area contributed by atoms with Crippen LogP contribution in [0.4, 0.5) is 5.69 Å². The van der Waals surface area contributed by atoms with Crippen LogP contribution in [-0.2, 0) is 16.4 Å². The average molecular weight is 538 g/mol. The maximum Gasteiger partial charge on any atom is 0.259 e. The molecule has 0 N–H and O–H groups in total. The molecule has 0 bridgehead atoms. The standard InChI is InChI=1S/C28H28ClN3O4S/c1-2-12-30-13-15-31(16-14-30)27(33)21-10-11-26-24(18-21)32(19-20-6-5-7-22(29)17-20)28(34)23-8-3-4-9-25(23)37(26,35)36/h3-11,17-18H,2,12-16,19H2,1H3. The Balaban J connectivity index is 1.58. The Kier molecular flexibility index (Phi) is 7.07. The number of amides is 2. The SMILES string of the molecule is CCCN1CCN(C(=O)c2ccc3c(c2)N(Cc2cccc(Cl)c2)C(=O)c2ccccc2S3(=O)=O)CC1. The molecule has 1 saturated heterocycles. The summed E-state index contributed by atoms with van der Waals surface area (Å²) in [5.41, 5.74) is 1.39. The van der Waals surface area contributed by atoms with Gasteiger partial charge in [0, 0.05) is 36.8 Å². The maximum absolute atomic E-state index is 13.8. The maximum atomic E-state index is 13.8. The van der Waals surface area contributed by atoms with Crippen molar-refractivity contribution in [3.05, 3.63) is 88.4 Å². The van der Waals surface area contributed by atoms with E-state index >= 15 is 0 Å². The van der Waals surface area contributed by atoms with E-state index in [1.54, 1.807) is 47.4 Å².